The molecule has 1 N–H and O–H groups in total. The number of hydrogen-bond donors (Lipinski definition) is 1. The van der Waals surface area contributed by atoms with Crippen LogP contribution in [0.3, 0.4) is 0 Å². The first-order valence-corrected chi connectivity index (χ1v) is 13.5. The molecule has 4 atom stereocenters. The second kappa shape index (κ2) is 13.7. The van der Waals surface area contributed by atoms with E-state index in [-0.39, 0.29) is 6.61 Å². The van der Waals surface area contributed by atoms with Crippen molar-refractivity contribution in [1.82, 2.24) is 0 Å². The van der Waals surface area contributed by atoms with Gasteiger partial charge in [-0.05, 0) is 22.3 Å². The number of ether oxygens (including phenoxy) is 4. The average molecular weight is 525 g/mol. The lowest BCUT2D eigenvalue weighted by atomic mass is 9.99. The summed E-state index contributed by atoms with van der Waals surface area (Å²) in [6, 6.07) is 40.1. The first-order chi connectivity index (χ1) is 19.2. The van der Waals surface area contributed by atoms with E-state index in [4.69, 9.17) is 18.9 Å². The van der Waals surface area contributed by atoms with E-state index >= 15 is 0 Å². The van der Waals surface area contributed by atoms with Crippen LogP contribution in [0.2, 0.25) is 0 Å². The molecule has 39 heavy (non-hydrogen) atoms. The van der Waals surface area contributed by atoms with Crippen LogP contribution in [0.25, 0.3) is 0 Å². The summed E-state index contributed by atoms with van der Waals surface area (Å²) in [4.78, 5) is 0. The average Bonchev–Trinajstić information content (AvgIpc) is 3.26. The number of aliphatic hydroxyl groups excluding tert-OH is 1. The summed E-state index contributed by atoms with van der Waals surface area (Å²) < 4.78 is 25.9. The van der Waals surface area contributed by atoms with E-state index in [0.29, 0.717) is 32.8 Å². The standard InChI is InChI=1S/C34H36O5/c35-31-21-34(39-25-30-19-11-4-12-20-30,26-36-22-27-13-5-1-6-14-27)33(38-24-29-17-9-3-10-18-29)32(31)37-23-28-15-7-2-8-16-28/h1-20,31-33,35H,21-26H2/t31?,32-,33+,34+/m1/s1. The van der Waals surface area contributed by atoms with Crippen molar-refractivity contribution in [2.45, 2.75) is 56.8 Å². The lowest BCUT2D eigenvalue weighted by molar-refractivity contribution is -0.197. The van der Waals surface area contributed by atoms with Crippen molar-refractivity contribution < 1.29 is 24.1 Å². The van der Waals surface area contributed by atoms with Crippen LogP contribution < -0.4 is 0 Å². The molecule has 0 radical (unpaired) electrons. The summed E-state index contributed by atoms with van der Waals surface area (Å²) in [6.07, 6.45) is -1.56. The molecule has 4 aromatic rings. The highest BCUT2D eigenvalue weighted by Crippen LogP contribution is 2.40. The fraction of sp³-hybridized carbons (Fsp3) is 0.294. The largest absolute Gasteiger partial charge is 0.390 e. The third-order valence-electron chi connectivity index (χ3n) is 7.14. The molecule has 1 fully saturated rings. The molecule has 4 aromatic carbocycles. The summed E-state index contributed by atoms with van der Waals surface area (Å²) in [5.41, 5.74) is 3.30. The van der Waals surface area contributed by atoms with Crippen molar-refractivity contribution in [2.24, 2.45) is 0 Å². The molecule has 0 aromatic heterocycles. The molecule has 5 nitrogen and oxygen atoms in total. The van der Waals surface area contributed by atoms with Crippen molar-refractivity contribution in [3.8, 4) is 0 Å². The van der Waals surface area contributed by atoms with Crippen molar-refractivity contribution in [3.63, 3.8) is 0 Å². The molecule has 5 rings (SSSR count). The second-order valence-electron chi connectivity index (χ2n) is 10.1. The molecule has 5 heteroatoms. The Bertz CT molecular complexity index is 1240. The number of aliphatic hydroxyl groups is 1. The molecule has 0 aliphatic heterocycles. The van der Waals surface area contributed by atoms with Crippen molar-refractivity contribution in [3.05, 3.63) is 144 Å². The number of benzene rings is 4. The van der Waals surface area contributed by atoms with E-state index in [1.807, 2.05) is 121 Å². The minimum absolute atomic E-state index is 0.260. The Kier molecular flexibility index (Phi) is 9.54. The lowest BCUT2D eigenvalue weighted by Gasteiger charge is -2.36. The molecule has 0 amide bonds. The van der Waals surface area contributed by atoms with E-state index in [1.165, 1.54) is 0 Å². The van der Waals surface area contributed by atoms with Gasteiger partial charge in [0.2, 0.25) is 0 Å². The van der Waals surface area contributed by atoms with Gasteiger partial charge >= 0.3 is 0 Å². The zero-order valence-corrected chi connectivity index (χ0v) is 22.1. The van der Waals surface area contributed by atoms with E-state index in [1.54, 1.807) is 0 Å². The van der Waals surface area contributed by atoms with Crippen LogP contribution >= 0.6 is 0 Å². The molecule has 0 saturated heterocycles. The van der Waals surface area contributed by atoms with Crippen molar-refractivity contribution in [1.29, 1.82) is 0 Å². The maximum Gasteiger partial charge on any atom is 0.123 e. The summed E-state index contributed by atoms with van der Waals surface area (Å²) in [5.74, 6) is 0. The normalized spacial score (nSPS) is 22.6. The summed E-state index contributed by atoms with van der Waals surface area (Å²) in [5, 5.41) is 11.3. The summed E-state index contributed by atoms with van der Waals surface area (Å²) >= 11 is 0. The van der Waals surface area contributed by atoms with E-state index in [0.717, 1.165) is 22.3 Å². The molecule has 0 bridgehead atoms. The van der Waals surface area contributed by atoms with Crippen LogP contribution in [0.5, 0.6) is 0 Å². The Morgan fingerprint density at radius 1 is 0.564 bits per heavy atom. The maximum absolute atomic E-state index is 11.3. The summed E-state index contributed by atoms with van der Waals surface area (Å²) in [6.45, 7) is 1.82. The van der Waals surface area contributed by atoms with Crippen LogP contribution in [-0.4, -0.2) is 35.6 Å². The molecule has 1 unspecified atom stereocenters. The number of rotatable bonds is 13. The SMILES string of the molecule is OC1C[C@@](COCc2ccccc2)(OCc2ccccc2)[C@@H](OCc2ccccc2)[C@@H]1OCc1ccccc1. The maximum atomic E-state index is 11.3. The molecule has 1 aliphatic rings. The summed E-state index contributed by atoms with van der Waals surface area (Å²) in [7, 11) is 0. The molecular formula is C34H36O5. The lowest BCUT2D eigenvalue weighted by Crippen LogP contribution is -2.50. The van der Waals surface area contributed by atoms with Crippen LogP contribution in [-0.2, 0) is 45.4 Å². The highest BCUT2D eigenvalue weighted by atomic mass is 16.6. The van der Waals surface area contributed by atoms with Gasteiger partial charge < -0.3 is 24.1 Å². The predicted octanol–water partition coefficient (Wildman–Crippen LogP) is 6.09. The Balaban J connectivity index is 1.39. The highest BCUT2D eigenvalue weighted by molar-refractivity contribution is 5.18. The third-order valence-corrected chi connectivity index (χ3v) is 7.14. The van der Waals surface area contributed by atoms with Gasteiger partial charge in [-0.1, -0.05) is 121 Å². The minimum Gasteiger partial charge on any atom is -0.390 e. The van der Waals surface area contributed by atoms with Gasteiger partial charge in [0.15, 0.2) is 0 Å². The third kappa shape index (κ3) is 7.41. The van der Waals surface area contributed by atoms with Gasteiger partial charge in [0, 0.05) is 6.42 Å². The zero-order valence-electron chi connectivity index (χ0n) is 22.1. The second-order valence-corrected chi connectivity index (χ2v) is 10.1. The monoisotopic (exact) mass is 524 g/mol. The van der Waals surface area contributed by atoms with E-state index in [9.17, 15) is 5.11 Å². The number of hydrogen-bond acceptors (Lipinski definition) is 5. The van der Waals surface area contributed by atoms with Crippen LogP contribution in [0, 0.1) is 0 Å². The Morgan fingerprint density at radius 3 is 1.51 bits per heavy atom. The van der Waals surface area contributed by atoms with Gasteiger partial charge in [-0.25, -0.2) is 0 Å². The van der Waals surface area contributed by atoms with Gasteiger partial charge in [0.25, 0.3) is 0 Å². The first-order valence-electron chi connectivity index (χ1n) is 13.5. The Labute approximate surface area is 230 Å². The smallest absolute Gasteiger partial charge is 0.123 e. The van der Waals surface area contributed by atoms with Gasteiger partial charge in [-0.2, -0.15) is 0 Å². The van der Waals surface area contributed by atoms with Crippen LogP contribution in [0.1, 0.15) is 28.7 Å². The van der Waals surface area contributed by atoms with Gasteiger partial charge in [0.1, 0.15) is 17.8 Å². The molecule has 1 aliphatic carbocycles. The fourth-order valence-electron chi connectivity index (χ4n) is 5.10. The molecule has 0 spiro atoms. The molecule has 1 saturated carbocycles. The highest BCUT2D eigenvalue weighted by Gasteiger charge is 2.56. The Morgan fingerprint density at radius 2 is 1.00 bits per heavy atom. The topological polar surface area (TPSA) is 57.2 Å². The van der Waals surface area contributed by atoms with Crippen LogP contribution in [0.15, 0.2) is 121 Å². The zero-order chi connectivity index (χ0) is 26.8. The quantitative estimate of drug-likeness (QED) is 0.229. The van der Waals surface area contributed by atoms with Crippen molar-refractivity contribution in [2.75, 3.05) is 6.61 Å². The van der Waals surface area contributed by atoms with E-state index in [2.05, 4.69) is 0 Å². The fourth-order valence-corrected chi connectivity index (χ4v) is 5.10. The molecule has 0 heterocycles. The predicted molar refractivity (Wildman–Crippen MR) is 151 cm³/mol. The molecule has 202 valence electrons. The first kappa shape index (κ1) is 27.3. The van der Waals surface area contributed by atoms with E-state index < -0.39 is 23.9 Å². The van der Waals surface area contributed by atoms with Gasteiger partial charge in [-0.15, -0.1) is 0 Å². The Hall–Kier alpha value is -3.32. The van der Waals surface area contributed by atoms with Gasteiger partial charge in [0.05, 0.1) is 39.1 Å². The molecular weight excluding hydrogens is 488 g/mol. The van der Waals surface area contributed by atoms with Gasteiger partial charge in [-0.3, -0.25) is 0 Å². The van der Waals surface area contributed by atoms with Crippen LogP contribution in [0.4, 0.5) is 0 Å². The van der Waals surface area contributed by atoms with Crippen molar-refractivity contribution >= 4 is 0 Å². The minimum atomic E-state index is -0.903.